The largest absolute Gasteiger partial charge is 0.497 e. The highest BCUT2D eigenvalue weighted by Gasteiger charge is 2.28. The Bertz CT molecular complexity index is 1130. The maximum absolute atomic E-state index is 13.3. The predicted molar refractivity (Wildman–Crippen MR) is 140 cm³/mol. The molecule has 0 saturated carbocycles. The lowest BCUT2D eigenvalue weighted by Crippen LogP contribution is -2.37. The maximum atomic E-state index is 13.3. The van der Waals surface area contributed by atoms with Crippen molar-refractivity contribution in [2.24, 2.45) is 0 Å². The first kappa shape index (κ1) is 25.4. The summed E-state index contributed by atoms with van der Waals surface area (Å²) in [4.78, 5) is 21.5. The first-order valence-electron chi connectivity index (χ1n) is 12.1. The van der Waals surface area contributed by atoms with E-state index < -0.39 is 0 Å². The van der Waals surface area contributed by atoms with E-state index in [2.05, 4.69) is 16.0 Å². The van der Waals surface area contributed by atoms with E-state index in [4.69, 9.17) is 14.2 Å². The van der Waals surface area contributed by atoms with Gasteiger partial charge in [0.25, 0.3) is 0 Å². The SMILES string of the molecule is COc1ccc(CN2CC(OCc3cccnc3)CN(C/C=C/c3ccccc3OC)CC2=O)cc1. The molecular weight excluding hydrogens is 454 g/mol. The standard InChI is InChI=1S/C29H33N3O4/c1-34-26-13-11-23(12-14-26)18-32-20-27(36-22-24-7-5-15-30-17-24)19-31(21-29(32)33)16-6-9-25-8-3-4-10-28(25)35-2/h3-15,17,27H,16,18-22H2,1-2H3/b9-6+. The minimum Gasteiger partial charge on any atom is -0.497 e. The summed E-state index contributed by atoms with van der Waals surface area (Å²) in [6, 6.07) is 19.6. The van der Waals surface area contributed by atoms with Crippen molar-refractivity contribution in [1.82, 2.24) is 14.8 Å². The summed E-state index contributed by atoms with van der Waals surface area (Å²) in [5, 5.41) is 0. The van der Waals surface area contributed by atoms with Crippen molar-refractivity contribution in [3.8, 4) is 11.5 Å². The second kappa shape index (κ2) is 12.9. The minimum atomic E-state index is -0.130. The van der Waals surface area contributed by atoms with Gasteiger partial charge in [0.05, 0.1) is 33.5 Å². The van der Waals surface area contributed by atoms with E-state index in [0.717, 1.165) is 28.2 Å². The van der Waals surface area contributed by atoms with Crippen LogP contribution in [0.3, 0.4) is 0 Å². The molecule has 1 fully saturated rings. The van der Waals surface area contributed by atoms with Crippen LogP contribution < -0.4 is 9.47 Å². The molecule has 0 N–H and O–H groups in total. The van der Waals surface area contributed by atoms with Crippen LogP contribution in [-0.4, -0.2) is 67.2 Å². The third-order valence-corrected chi connectivity index (χ3v) is 6.14. The zero-order chi connectivity index (χ0) is 25.2. The lowest BCUT2D eigenvalue weighted by Gasteiger charge is -2.25. The first-order valence-corrected chi connectivity index (χ1v) is 12.1. The molecule has 1 amide bonds. The van der Waals surface area contributed by atoms with Crippen LogP contribution >= 0.6 is 0 Å². The van der Waals surface area contributed by atoms with Crippen LogP contribution in [0.25, 0.3) is 6.08 Å². The molecule has 0 aliphatic carbocycles. The Morgan fingerprint density at radius 3 is 2.56 bits per heavy atom. The highest BCUT2D eigenvalue weighted by Crippen LogP contribution is 2.20. The molecule has 7 heteroatoms. The first-order chi connectivity index (χ1) is 17.6. The van der Waals surface area contributed by atoms with E-state index in [1.165, 1.54) is 0 Å². The van der Waals surface area contributed by atoms with Gasteiger partial charge in [-0.15, -0.1) is 0 Å². The number of methoxy groups -OCH3 is 2. The van der Waals surface area contributed by atoms with Crippen molar-refractivity contribution in [2.75, 3.05) is 40.4 Å². The van der Waals surface area contributed by atoms with Crippen LogP contribution in [-0.2, 0) is 22.7 Å². The number of benzene rings is 2. The molecule has 3 aromatic rings. The molecule has 0 bridgehead atoms. The van der Waals surface area contributed by atoms with Crippen molar-refractivity contribution in [3.63, 3.8) is 0 Å². The number of rotatable bonds is 10. The van der Waals surface area contributed by atoms with Crippen LogP contribution in [0.15, 0.2) is 79.1 Å². The summed E-state index contributed by atoms with van der Waals surface area (Å²) in [5.41, 5.74) is 3.07. The average molecular weight is 488 g/mol. The molecule has 0 radical (unpaired) electrons. The van der Waals surface area contributed by atoms with Crippen molar-refractivity contribution in [2.45, 2.75) is 19.3 Å². The van der Waals surface area contributed by atoms with Crippen molar-refractivity contribution < 1.29 is 19.0 Å². The number of carbonyl (C=O) groups excluding carboxylic acids is 1. The third kappa shape index (κ3) is 7.16. The number of amides is 1. The van der Waals surface area contributed by atoms with E-state index in [-0.39, 0.29) is 12.0 Å². The highest BCUT2D eigenvalue weighted by atomic mass is 16.5. The number of aromatic nitrogens is 1. The smallest absolute Gasteiger partial charge is 0.237 e. The molecule has 0 spiro atoms. The van der Waals surface area contributed by atoms with Gasteiger partial charge in [-0.1, -0.05) is 48.6 Å². The van der Waals surface area contributed by atoms with E-state index >= 15 is 0 Å². The molecular formula is C29H33N3O4. The molecule has 1 aromatic heterocycles. The minimum absolute atomic E-state index is 0.0870. The molecule has 2 heterocycles. The average Bonchev–Trinajstić information content (AvgIpc) is 3.06. The second-order valence-corrected chi connectivity index (χ2v) is 8.76. The van der Waals surface area contributed by atoms with Gasteiger partial charge >= 0.3 is 0 Å². The summed E-state index contributed by atoms with van der Waals surface area (Å²) >= 11 is 0. The lowest BCUT2D eigenvalue weighted by molar-refractivity contribution is -0.132. The Balaban J connectivity index is 1.46. The van der Waals surface area contributed by atoms with Gasteiger partial charge in [-0.25, -0.2) is 0 Å². The summed E-state index contributed by atoms with van der Waals surface area (Å²) < 4.78 is 17.0. The van der Waals surface area contributed by atoms with Gasteiger partial charge in [0, 0.05) is 44.1 Å². The Kier molecular flexibility index (Phi) is 9.08. The van der Waals surface area contributed by atoms with Crippen LogP contribution in [0.5, 0.6) is 11.5 Å². The fourth-order valence-corrected chi connectivity index (χ4v) is 4.23. The number of pyridine rings is 1. The fraction of sp³-hybridized carbons (Fsp3) is 0.310. The molecule has 1 aliphatic heterocycles. The Labute approximate surface area is 212 Å². The molecule has 1 unspecified atom stereocenters. The summed E-state index contributed by atoms with van der Waals surface area (Å²) in [5.74, 6) is 1.71. The van der Waals surface area contributed by atoms with E-state index in [0.29, 0.717) is 39.3 Å². The Morgan fingerprint density at radius 2 is 1.81 bits per heavy atom. The van der Waals surface area contributed by atoms with Crippen molar-refractivity contribution in [1.29, 1.82) is 0 Å². The highest BCUT2D eigenvalue weighted by molar-refractivity contribution is 5.78. The van der Waals surface area contributed by atoms with Gasteiger partial charge < -0.3 is 19.1 Å². The predicted octanol–water partition coefficient (Wildman–Crippen LogP) is 4.04. The number of ether oxygens (including phenoxy) is 3. The number of para-hydroxylation sites is 1. The van der Waals surface area contributed by atoms with Crippen LogP contribution in [0.2, 0.25) is 0 Å². The van der Waals surface area contributed by atoms with Gasteiger partial charge in [-0.2, -0.15) is 0 Å². The lowest BCUT2D eigenvalue weighted by atomic mass is 10.2. The van der Waals surface area contributed by atoms with Gasteiger partial charge in [0.1, 0.15) is 11.5 Å². The number of nitrogens with zero attached hydrogens (tertiary/aromatic N) is 3. The summed E-state index contributed by atoms with van der Waals surface area (Å²) in [6.45, 7) is 3.12. The Hall–Kier alpha value is -3.68. The topological polar surface area (TPSA) is 64.1 Å². The van der Waals surface area contributed by atoms with Gasteiger partial charge in [-0.3, -0.25) is 14.7 Å². The van der Waals surface area contributed by atoms with Crippen LogP contribution in [0.4, 0.5) is 0 Å². The quantitative estimate of drug-likeness (QED) is 0.430. The third-order valence-electron chi connectivity index (χ3n) is 6.14. The van der Waals surface area contributed by atoms with Crippen LogP contribution in [0, 0.1) is 0 Å². The zero-order valence-electron chi connectivity index (χ0n) is 20.9. The molecule has 1 atom stereocenters. The molecule has 1 saturated heterocycles. The molecule has 4 rings (SSSR count). The van der Waals surface area contributed by atoms with E-state index in [1.54, 1.807) is 20.4 Å². The van der Waals surface area contributed by atoms with E-state index in [1.807, 2.05) is 77.8 Å². The number of carbonyl (C=O) groups is 1. The molecule has 36 heavy (non-hydrogen) atoms. The van der Waals surface area contributed by atoms with Gasteiger partial charge in [0.2, 0.25) is 5.91 Å². The van der Waals surface area contributed by atoms with Crippen molar-refractivity contribution in [3.05, 3.63) is 95.8 Å². The second-order valence-electron chi connectivity index (χ2n) is 8.76. The number of hydrogen-bond acceptors (Lipinski definition) is 6. The maximum Gasteiger partial charge on any atom is 0.237 e. The monoisotopic (exact) mass is 487 g/mol. The summed E-state index contributed by atoms with van der Waals surface area (Å²) in [7, 11) is 3.32. The normalized spacial score (nSPS) is 16.8. The summed E-state index contributed by atoms with van der Waals surface area (Å²) in [6.07, 6.45) is 7.54. The molecule has 2 aromatic carbocycles. The van der Waals surface area contributed by atoms with Gasteiger partial charge in [-0.05, 0) is 35.4 Å². The van der Waals surface area contributed by atoms with Crippen molar-refractivity contribution >= 4 is 12.0 Å². The fourth-order valence-electron chi connectivity index (χ4n) is 4.23. The van der Waals surface area contributed by atoms with E-state index in [9.17, 15) is 4.79 Å². The number of hydrogen-bond donors (Lipinski definition) is 0. The Morgan fingerprint density at radius 1 is 0.972 bits per heavy atom. The van der Waals surface area contributed by atoms with Crippen LogP contribution in [0.1, 0.15) is 16.7 Å². The zero-order valence-corrected chi connectivity index (χ0v) is 20.9. The molecule has 188 valence electrons. The van der Waals surface area contributed by atoms with Gasteiger partial charge in [0.15, 0.2) is 0 Å². The molecule has 7 nitrogen and oxygen atoms in total. The molecule has 1 aliphatic rings.